The van der Waals surface area contributed by atoms with Gasteiger partial charge >= 0.3 is 0 Å². The van der Waals surface area contributed by atoms with Gasteiger partial charge in [-0.3, -0.25) is 9.59 Å². The van der Waals surface area contributed by atoms with Crippen molar-refractivity contribution in [1.82, 2.24) is 10.6 Å². The van der Waals surface area contributed by atoms with Crippen LogP contribution in [0.3, 0.4) is 0 Å². The molecule has 0 bridgehead atoms. The van der Waals surface area contributed by atoms with Crippen LogP contribution in [0.5, 0.6) is 0 Å². The fraction of sp³-hybridized carbons (Fsp3) is 0.111. The summed E-state index contributed by atoms with van der Waals surface area (Å²) in [5, 5.41) is 7.27. The van der Waals surface area contributed by atoms with Crippen LogP contribution in [0.4, 0.5) is 0 Å². The molecule has 0 aliphatic rings. The smallest absolute Gasteiger partial charge is 0.268 e. The molecule has 0 atom stereocenters. The number of benzene rings is 1. The van der Waals surface area contributed by atoms with E-state index in [1.807, 2.05) is 36.6 Å². The summed E-state index contributed by atoms with van der Waals surface area (Å²) in [6.45, 7) is 5.85. The van der Waals surface area contributed by atoms with Crippen LogP contribution < -0.4 is 10.6 Å². The summed E-state index contributed by atoms with van der Waals surface area (Å²) in [4.78, 5) is 25.4. The van der Waals surface area contributed by atoms with Gasteiger partial charge in [0.05, 0.1) is 0 Å². The van der Waals surface area contributed by atoms with E-state index in [0.29, 0.717) is 12.1 Å². The Morgan fingerprint density at radius 3 is 2.57 bits per heavy atom. The number of hydrogen-bond donors (Lipinski definition) is 2. The average Bonchev–Trinajstić information content (AvgIpc) is 3.05. The summed E-state index contributed by atoms with van der Waals surface area (Å²) in [5.74, 6) is -0.666. The van der Waals surface area contributed by atoms with Crippen LogP contribution in [0.25, 0.3) is 6.08 Å². The van der Waals surface area contributed by atoms with E-state index in [1.54, 1.807) is 24.3 Å². The van der Waals surface area contributed by atoms with Gasteiger partial charge in [-0.2, -0.15) is 0 Å². The molecule has 0 saturated heterocycles. The standard InChI is InChI=1S/C18H18N2O2S/c1-3-10-19-18(22)16(12-15-5-4-11-23-15)20-17(21)14-8-6-13(2)7-9-14/h3-9,11-12H,1,10H2,2H3,(H,19,22)(H,20,21). The van der Waals surface area contributed by atoms with E-state index in [-0.39, 0.29) is 17.5 Å². The van der Waals surface area contributed by atoms with Gasteiger partial charge in [0.1, 0.15) is 5.70 Å². The lowest BCUT2D eigenvalue weighted by atomic mass is 10.1. The predicted octanol–water partition coefficient (Wildman–Crippen LogP) is 3.13. The zero-order valence-corrected chi connectivity index (χ0v) is 13.7. The molecule has 1 aromatic carbocycles. The minimum Gasteiger partial charge on any atom is -0.347 e. The van der Waals surface area contributed by atoms with E-state index in [1.165, 1.54) is 11.3 Å². The summed E-state index contributed by atoms with van der Waals surface area (Å²) in [6.07, 6.45) is 3.25. The van der Waals surface area contributed by atoms with Crippen molar-refractivity contribution in [3.63, 3.8) is 0 Å². The first kappa shape index (κ1) is 16.7. The predicted molar refractivity (Wildman–Crippen MR) is 94.1 cm³/mol. The van der Waals surface area contributed by atoms with E-state index in [4.69, 9.17) is 0 Å². The van der Waals surface area contributed by atoms with Gasteiger partial charge in [-0.1, -0.05) is 29.8 Å². The SMILES string of the molecule is C=CCNC(=O)C(=Cc1cccs1)NC(=O)c1ccc(C)cc1. The third-order valence-corrected chi connectivity index (χ3v) is 3.86. The van der Waals surface area contributed by atoms with Crippen LogP contribution in [0.15, 0.2) is 60.1 Å². The maximum absolute atomic E-state index is 12.3. The summed E-state index contributed by atoms with van der Waals surface area (Å²) < 4.78 is 0. The molecule has 0 unspecified atom stereocenters. The van der Waals surface area contributed by atoms with E-state index in [9.17, 15) is 9.59 Å². The first-order valence-corrected chi connectivity index (χ1v) is 8.00. The maximum Gasteiger partial charge on any atom is 0.268 e. The second-order valence-corrected chi connectivity index (χ2v) is 5.87. The van der Waals surface area contributed by atoms with Crippen LogP contribution in [-0.2, 0) is 4.79 Å². The summed E-state index contributed by atoms with van der Waals surface area (Å²) in [5.41, 5.74) is 1.78. The molecule has 2 aromatic rings. The van der Waals surface area contributed by atoms with Crippen molar-refractivity contribution < 1.29 is 9.59 Å². The summed E-state index contributed by atoms with van der Waals surface area (Å²) in [7, 11) is 0. The highest BCUT2D eigenvalue weighted by Gasteiger charge is 2.14. The molecule has 1 aromatic heterocycles. The largest absolute Gasteiger partial charge is 0.347 e. The van der Waals surface area contributed by atoms with Gasteiger partial charge < -0.3 is 10.6 Å². The molecule has 1 heterocycles. The van der Waals surface area contributed by atoms with Crippen molar-refractivity contribution in [3.05, 3.63) is 76.1 Å². The number of hydrogen-bond acceptors (Lipinski definition) is 3. The minimum atomic E-state index is -0.348. The van der Waals surface area contributed by atoms with Crippen molar-refractivity contribution in [1.29, 1.82) is 0 Å². The molecule has 0 radical (unpaired) electrons. The normalized spacial score (nSPS) is 10.9. The van der Waals surface area contributed by atoms with Crippen molar-refractivity contribution >= 4 is 29.2 Å². The first-order valence-electron chi connectivity index (χ1n) is 7.12. The zero-order valence-electron chi connectivity index (χ0n) is 12.8. The number of amides is 2. The lowest BCUT2D eigenvalue weighted by molar-refractivity contribution is -0.117. The fourth-order valence-electron chi connectivity index (χ4n) is 1.83. The number of rotatable bonds is 6. The number of nitrogens with one attached hydrogen (secondary N) is 2. The van der Waals surface area contributed by atoms with Gasteiger partial charge in [-0.05, 0) is 36.6 Å². The molecule has 0 aliphatic carbocycles. The minimum absolute atomic E-state index is 0.208. The molecule has 2 N–H and O–H groups in total. The van der Waals surface area contributed by atoms with Crippen molar-refractivity contribution in [2.45, 2.75) is 6.92 Å². The van der Waals surface area contributed by atoms with Crippen LogP contribution in [0, 0.1) is 6.92 Å². The van der Waals surface area contributed by atoms with Gasteiger partial charge in [0, 0.05) is 17.0 Å². The number of thiophene rings is 1. The highest BCUT2D eigenvalue weighted by Crippen LogP contribution is 2.13. The Labute approximate surface area is 139 Å². The fourth-order valence-corrected chi connectivity index (χ4v) is 2.49. The number of carbonyl (C=O) groups is 2. The van der Waals surface area contributed by atoms with Crippen LogP contribution in [-0.4, -0.2) is 18.4 Å². The van der Waals surface area contributed by atoms with Crippen molar-refractivity contribution in [3.8, 4) is 0 Å². The van der Waals surface area contributed by atoms with Crippen molar-refractivity contribution in [2.75, 3.05) is 6.54 Å². The van der Waals surface area contributed by atoms with Gasteiger partial charge in [-0.25, -0.2) is 0 Å². The van der Waals surface area contributed by atoms with E-state index < -0.39 is 0 Å². The molecule has 0 aliphatic heterocycles. The van der Waals surface area contributed by atoms with Crippen LogP contribution in [0.1, 0.15) is 20.8 Å². The molecule has 118 valence electrons. The average molecular weight is 326 g/mol. The highest BCUT2D eigenvalue weighted by molar-refractivity contribution is 7.10. The Morgan fingerprint density at radius 2 is 1.96 bits per heavy atom. The van der Waals surface area contributed by atoms with Gasteiger partial charge in [-0.15, -0.1) is 17.9 Å². The first-order chi connectivity index (χ1) is 11.1. The Balaban J connectivity index is 2.19. The lowest BCUT2D eigenvalue weighted by Gasteiger charge is -2.10. The Hall–Kier alpha value is -2.66. The Bertz CT molecular complexity index is 716. The van der Waals surface area contributed by atoms with E-state index >= 15 is 0 Å². The molecular formula is C18H18N2O2S. The maximum atomic E-state index is 12.3. The van der Waals surface area contributed by atoms with Gasteiger partial charge in [0.15, 0.2) is 0 Å². The summed E-state index contributed by atoms with van der Waals surface area (Å²) in [6, 6.07) is 10.9. The molecule has 0 spiro atoms. The van der Waals surface area contributed by atoms with Crippen LogP contribution in [0.2, 0.25) is 0 Å². The van der Waals surface area contributed by atoms with E-state index in [2.05, 4.69) is 17.2 Å². The van der Waals surface area contributed by atoms with Gasteiger partial charge in [0.25, 0.3) is 11.8 Å². The molecular weight excluding hydrogens is 308 g/mol. The molecule has 0 fully saturated rings. The second-order valence-electron chi connectivity index (χ2n) is 4.89. The molecule has 0 saturated carbocycles. The monoisotopic (exact) mass is 326 g/mol. The number of carbonyl (C=O) groups excluding carboxylic acids is 2. The van der Waals surface area contributed by atoms with Gasteiger partial charge in [0.2, 0.25) is 0 Å². The topological polar surface area (TPSA) is 58.2 Å². The third kappa shape index (κ3) is 4.93. The summed E-state index contributed by atoms with van der Waals surface area (Å²) >= 11 is 1.49. The molecule has 5 heteroatoms. The molecule has 2 rings (SSSR count). The van der Waals surface area contributed by atoms with Crippen LogP contribution >= 0.6 is 11.3 Å². The second kappa shape index (κ2) is 8.10. The molecule has 4 nitrogen and oxygen atoms in total. The quantitative estimate of drug-likeness (QED) is 0.633. The third-order valence-electron chi connectivity index (χ3n) is 3.04. The molecule has 2 amide bonds. The Morgan fingerprint density at radius 1 is 1.22 bits per heavy atom. The highest BCUT2D eigenvalue weighted by atomic mass is 32.1. The Kier molecular flexibility index (Phi) is 5.88. The zero-order chi connectivity index (χ0) is 16.7. The molecule has 23 heavy (non-hydrogen) atoms. The van der Waals surface area contributed by atoms with Crippen molar-refractivity contribution in [2.24, 2.45) is 0 Å². The lowest BCUT2D eigenvalue weighted by Crippen LogP contribution is -2.34. The van der Waals surface area contributed by atoms with E-state index in [0.717, 1.165) is 10.4 Å². The number of aryl methyl sites for hydroxylation is 1.